The van der Waals surface area contributed by atoms with Crippen LogP contribution in [0.4, 0.5) is 5.69 Å². The first-order chi connectivity index (χ1) is 10.1. The number of likely N-dealkylation sites (N-methyl/N-ethyl adjacent to an activating group) is 1. The molecule has 1 saturated heterocycles. The molecule has 0 spiro atoms. The molecule has 1 aromatic rings. The molecule has 0 saturated carbocycles. The molecule has 0 aromatic heterocycles. The summed E-state index contributed by atoms with van der Waals surface area (Å²) in [5.41, 5.74) is 6.80. The number of rotatable bonds is 3. The molecule has 6 heteroatoms. The SMILES string of the molecule is CN(CC1CCCCO1)C(=O)c1cc2c(cc1N)OCO2. The molecule has 1 amide bonds. The Kier molecular flexibility index (Phi) is 3.88. The molecule has 0 aliphatic carbocycles. The average molecular weight is 292 g/mol. The summed E-state index contributed by atoms with van der Waals surface area (Å²) in [5.74, 6) is 1.03. The lowest BCUT2D eigenvalue weighted by molar-refractivity contribution is -0.000173. The zero-order chi connectivity index (χ0) is 14.8. The molecule has 2 aliphatic heterocycles. The predicted octanol–water partition coefficient (Wildman–Crippen LogP) is 1.64. The van der Waals surface area contributed by atoms with Gasteiger partial charge in [-0.05, 0) is 25.3 Å². The van der Waals surface area contributed by atoms with Gasteiger partial charge in [-0.15, -0.1) is 0 Å². The molecule has 6 nitrogen and oxygen atoms in total. The molecule has 1 fully saturated rings. The Morgan fingerprint density at radius 1 is 1.33 bits per heavy atom. The van der Waals surface area contributed by atoms with Gasteiger partial charge in [0.1, 0.15) is 0 Å². The summed E-state index contributed by atoms with van der Waals surface area (Å²) < 4.78 is 16.2. The Balaban J connectivity index is 1.72. The van der Waals surface area contributed by atoms with Crippen molar-refractivity contribution in [3.05, 3.63) is 17.7 Å². The van der Waals surface area contributed by atoms with Crippen LogP contribution in [0.25, 0.3) is 0 Å². The summed E-state index contributed by atoms with van der Waals surface area (Å²) >= 11 is 0. The number of hydrogen-bond donors (Lipinski definition) is 1. The predicted molar refractivity (Wildman–Crippen MR) is 77.5 cm³/mol. The van der Waals surface area contributed by atoms with Gasteiger partial charge in [0, 0.05) is 32.0 Å². The van der Waals surface area contributed by atoms with E-state index in [2.05, 4.69) is 0 Å². The van der Waals surface area contributed by atoms with E-state index in [0.29, 0.717) is 29.3 Å². The average Bonchev–Trinajstić information content (AvgIpc) is 2.93. The third kappa shape index (κ3) is 2.90. The van der Waals surface area contributed by atoms with E-state index in [-0.39, 0.29) is 18.8 Å². The highest BCUT2D eigenvalue weighted by Crippen LogP contribution is 2.36. The topological polar surface area (TPSA) is 74.0 Å². The van der Waals surface area contributed by atoms with Crippen LogP contribution in [0.5, 0.6) is 11.5 Å². The number of ether oxygens (including phenoxy) is 3. The van der Waals surface area contributed by atoms with E-state index in [1.54, 1.807) is 24.1 Å². The molecule has 3 rings (SSSR count). The largest absolute Gasteiger partial charge is 0.454 e. The van der Waals surface area contributed by atoms with E-state index in [4.69, 9.17) is 19.9 Å². The molecule has 0 bridgehead atoms. The first kappa shape index (κ1) is 14.0. The summed E-state index contributed by atoms with van der Waals surface area (Å²) in [6.45, 7) is 1.52. The lowest BCUT2D eigenvalue weighted by Crippen LogP contribution is -2.37. The Morgan fingerprint density at radius 2 is 2.10 bits per heavy atom. The van der Waals surface area contributed by atoms with Crippen LogP contribution in [-0.2, 0) is 4.74 Å². The third-order valence-corrected chi connectivity index (χ3v) is 3.87. The Labute approximate surface area is 123 Å². The second-order valence-corrected chi connectivity index (χ2v) is 5.47. The summed E-state index contributed by atoms with van der Waals surface area (Å²) in [6.07, 6.45) is 3.36. The number of nitrogen functional groups attached to an aromatic ring is 1. The number of nitrogens with zero attached hydrogens (tertiary/aromatic N) is 1. The minimum atomic E-state index is -0.125. The number of hydrogen-bond acceptors (Lipinski definition) is 5. The van der Waals surface area contributed by atoms with Crippen molar-refractivity contribution in [2.24, 2.45) is 0 Å². The minimum absolute atomic E-state index is 0.114. The summed E-state index contributed by atoms with van der Waals surface area (Å²) in [4.78, 5) is 14.2. The van der Waals surface area contributed by atoms with Gasteiger partial charge >= 0.3 is 0 Å². The van der Waals surface area contributed by atoms with Crippen LogP contribution in [0.15, 0.2) is 12.1 Å². The van der Waals surface area contributed by atoms with Gasteiger partial charge in [-0.3, -0.25) is 4.79 Å². The number of carbonyl (C=O) groups is 1. The van der Waals surface area contributed by atoms with Gasteiger partial charge in [0.05, 0.1) is 11.7 Å². The van der Waals surface area contributed by atoms with Gasteiger partial charge in [-0.25, -0.2) is 0 Å². The van der Waals surface area contributed by atoms with Crippen molar-refractivity contribution in [2.75, 3.05) is 32.7 Å². The third-order valence-electron chi connectivity index (χ3n) is 3.87. The first-order valence-corrected chi connectivity index (χ1v) is 7.21. The van der Waals surface area contributed by atoms with Gasteiger partial charge in [-0.2, -0.15) is 0 Å². The normalized spacial score (nSPS) is 20.3. The number of anilines is 1. The van der Waals surface area contributed by atoms with Crippen molar-refractivity contribution in [1.82, 2.24) is 4.90 Å². The molecule has 0 radical (unpaired) electrons. The molecule has 1 unspecified atom stereocenters. The summed E-state index contributed by atoms with van der Waals surface area (Å²) in [6, 6.07) is 3.29. The Hall–Kier alpha value is -1.95. The Morgan fingerprint density at radius 3 is 2.81 bits per heavy atom. The standard InChI is InChI=1S/C15H20N2O4/c1-17(8-10-4-2-3-5-19-10)15(18)11-6-13-14(7-12(11)16)21-9-20-13/h6-7,10H,2-5,8-9,16H2,1H3. The molecule has 2 N–H and O–H groups in total. The fourth-order valence-corrected chi connectivity index (χ4v) is 2.69. The zero-order valence-electron chi connectivity index (χ0n) is 12.1. The fourth-order valence-electron chi connectivity index (χ4n) is 2.69. The van der Waals surface area contributed by atoms with Crippen LogP contribution < -0.4 is 15.2 Å². The van der Waals surface area contributed by atoms with E-state index in [1.165, 1.54) is 0 Å². The highest BCUT2D eigenvalue weighted by atomic mass is 16.7. The molecule has 114 valence electrons. The molecule has 2 heterocycles. The number of amides is 1. The lowest BCUT2D eigenvalue weighted by Gasteiger charge is -2.27. The summed E-state index contributed by atoms with van der Waals surface area (Å²) in [5, 5.41) is 0. The van der Waals surface area contributed by atoms with Crippen LogP contribution in [0, 0.1) is 0 Å². The number of fused-ring (bicyclic) bond motifs is 1. The monoisotopic (exact) mass is 292 g/mol. The number of benzene rings is 1. The van der Waals surface area contributed by atoms with Crippen molar-refractivity contribution < 1.29 is 19.0 Å². The van der Waals surface area contributed by atoms with Gasteiger partial charge in [0.25, 0.3) is 5.91 Å². The maximum absolute atomic E-state index is 12.5. The molecular weight excluding hydrogens is 272 g/mol. The van der Waals surface area contributed by atoms with E-state index < -0.39 is 0 Å². The van der Waals surface area contributed by atoms with Crippen LogP contribution in [0.1, 0.15) is 29.6 Å². The number of carbonyl (C=O) groups excluding carboxylic acids is 1. The second-order valence-electron chi connectivity index (χ2n) is 5.47. The molecule has 1 atom stereocenters. The van der Waals surface area contributed by atoms with Crippen LogP contribution in [0.2, 0.25) is 0 Å². The molecule has 21 heavy (non-hydrogen) atoms. The van der Waals surface area contributed by atoms with E-state index >= 15 is 0 Å². The molecular formula is C15H20N2O4. The van der Waals surface area contributed by atoms with Gasteiger partial charge in [-0.1, -0.05) is 0 Å². The van der Waals surface area contributed by atoms with Gasteiger partial charge < -0.3 is 24.8 Å². The van der Waals surface area contributed by atoms with E-state index in [1.807, 2.05) is 0 Å². The van der Waals surface area contributed by atoms with Crippen LogP contribution >= 0.6 is 0 Å². The Bertz CT molecular complexity index is 541. The quantitative estimate of drug-likeness (QED) is 0.857. The summed E-state index contributed by atoms with van der Waals surface area (Å²) in [7, 11) is 1.77. The number of nitrogens with two attached hydrogens (primary N) is 1. The minimum Gasteiger partial charge on any atom is -0.454 e. The van der Waals surface area contributed by atoms with Crippen LogP contribution in [-0.4, -0.2) is 43.9 Å². The van der Waals surface area contributed by atoms with Crippen molar-refractivity contribution in [3.8, 4) is 11.5 Å². The zero-order valence-corrected chi connectivity index (χ0v) is 12.1. The maximum Gasteiger partial charge on any atom is 0.255 e. The van der Waals surface area contributed by atoms with Crippen molar-refractivity contribution in [3.63, 3.8) is 0 Å². The van der Waals surface area contributed by atoms with Gasteiger partial charge in [0.15, 0.2) is 11.5 Å². The van der Waals surface area contributed by atoms with Crippen molar-refractivity contribution >= 4 is 11.6 Å². The first-order valence-electron chi connectivity index (χ1n) is 7.21. The second kappa shape index (κ2) is 5.81. The highest BCUT2D eigenvalue weighted by molar-refractivity contribution is 6.00. The smallest absolute Gasteiger partial charge is 0.255 e. The highest BCUT2D eigenvalue weighted by Gasteiger charge is 2.24. The van der Waals surface area contributed by atoms with Crippen molar-refractivity contribution in [1.29, 1.82) is 0 Å². The lowest BCUT2D eigenvalue weighted by atomic mass is 10.1. The van der Waals surface area contributed by atoms with Crippen LogP contribution in [0.3, 0.4) is 0 Å². The van der Waals surface area contributed by atoms with Gasteiger partial charge in [0.2, 0.25) is 6.79 Å². The van der Waals surface area contributed by atoms with E-state index in [9.17, 15) is 4.79 Å². The fraction of sp³-hybridized carbons (Fsp3) is 0.533. The molecule has 1 aromatic carbocycles. The van der Waals surface area contributed by atoms with E-state index in [0.717, 1.165) is 25.9 Å². The maximum atomic E-state index is 12.5. The van der Waals surface area contributed by atoms with Crippen molar-refractivity contribution in [2.45, 2.75) is 25.4 Å². The molecule has 2 aliphatic rings.